The van der Waals surface area contributed by atoms with Crippen LogP contribution in [0.25, 0.3) is 0 Å². The van der Waals surface area contributed by atoms with Gasteiger partial charge in [0.1, 0.15) is 0 Å². The summed E-state index contributed by atoms with van der Waals surface area (Å²) in [6.07, 6.45) is 8.32. The highest BCUT2D eigenvalue weighted by atomic mass is 32.2. The molecule has 2 aromatic heterocycles. The van der Waals surface area contributed by atoms with Crippen molar-refractivity contribution in [2.75, 3.05) is 5.75 Å². The predicted molar refractivity (Wildman–Crippen MR) is 116 cm³/mol. The van der Waals surface area contributed by atoms with Crippen molar-refractivity contribution in [1.29, 1.82) is 0 Å². The minimum Gasteiger partial charge on any atom is -0.493 e. The number of aromatic nitrogens is 3. The minimum atomic E-state index is -0.511. The smallest absolute Gasteiger partial charge is 0.332 e. The lowest BCUT2D eigenvalue weighted by Crippen LogP contribution is -2.54. The van der Waals surface area contributed by atoms with Crippen LogP contribution in [0.2, 0.25) is 0 Å². The Kier molecular flexibility index (Phi) is 5.34. The van der Waals surface area contributed by atoms with Crippen LogP contribution in [-0.4, -0.2) is 36.1 Å². The maximum Gasteiger partial charge on any atom is 0.332 e. The van der Waals surface area contributed by atoms with Crippen LogP contribution in [0.15, 0.2) is 29.2 Å². The van der Waals surface area contributed by atoms with Crippen LogP contribution in [0.4, 0.5) is 0 Å². The molecule has 8 nitrogen and oxygen atoms in total. The fourth-order valence-corrected chi connectivity index (χ4v) is 7.41. The van der Waals surface area contributed by atoms with Crippen LogP contribution in [0, 0.1) is 17.8 Å². The van der Waals surface area contributed by atoms with Crippen LogP contribution >= 0.6 is 11.8 Å². The van der Waals surface area contributed by atoms with Gasteiger partial charge in [0.2, 0.25) is 5.88 Å². The first-order valence-corrected chi connectivity index (χ1v) is 12.1. The first-order valence-electron chi connectivity index (χ1n) is 10.9. The summed E-state index contributed by atoms with van der Waals surface area (Å²) in [7, 11) is 0. The predicted octanol–water partition coefficient (Wildman–Crippen LogP) is 2.46. The molecule has 4 bridgehead atoms. The van der Waals surface area contributed by atoms with Crippen LogP contribution in [-0.2, 0) is 22.6 Å². The summed E-state index contributed by atoms with van der Waals surface area (Å²) in [5.74, 6) is 1.77. The number of carbonyl (C=O) groups excluding carboxylic acids is 1. The van der Waals surface area contributed by atoms with E-state index in [2.05, 4.69) is 4.98 Å². The van der Waals surface area contributed by atoms with Gasteiger partial charge in [0, 0.05) is 11.9 Å². The molecule has 1 amide bonds. The van der Waals surface area contributed by atoms with Gasteiger partial charge in [-0.15, -0.1) is 11.8 Å². The molecule has 31 heavy (non-hydrogen) atoms. The average Bonchev–Trinajstić information content (AvgIpc) is 2.97. The SMILES string of the molecule is O=C(CSCc1c(O)n(C23CC4CC(CC(C4)C2)C3)c(=O)n1Cc1ccccn1)NO. The molecule has 2 heterocycles. The first-order chi connectivity index (χ1) is 15.0. The summed E-state index contributed by atoms with van der Waals surface area (Å²) < 4.78 is 3.29. The fraction of sp³-hybridized carbons (Fsp3) is 0.591. The molecule has 0 unspecified atom stereocenters. The topological polar surface area (TPSA) is 109 Å². The highest BCUT2D eigenvalue weighted by Gasteiger charge is 2.53. The number of amides is 1. The molecule has 3 N–H and O–H groups in total. The molecule has 2 aromatic rings. The molecule has 4 aliphatic rings. The molecular weight excluding hydrogens is 416 g/mol. The Bertz CT molecular complexity index is 997. The molecule has 4 fully saturated rings. The number of hydroxylamine groups is 1. The van der Waals surface area contributed by atoms with E-state index in [1.165, 1.54) is 31.0 Å². The Morgan fingerprint density at radius 3 is 2.45 bits per heavy atom. The molecular formula is C22H28N4O4S. The van der Waals surface area contributed by atoms with Crippen LogP contribution in [0.1, 0.15) is 49.9 Å². The number of hydrogen-bond donors (Lipinski definition) is 3. The molecule has 0 aliphatic heterocycles. The van der Waals surface area contributed by atoms with Gasteiger partial charge in [-0.25, -0.2) is 10.3 Å². The number of thioether (sulfide) groups is 1. The minimum absolute atomic E-state index is 0.0276. The summed E-state index contributed by atoms with van der Waals surface area (Å²) in [4.78, 5) is 29.5. The first kappa shape index (κ1) is 20.6. The second kappa shape index (κ2) is 8.02. The van der Waals surface area contributed by atoms with E-state index < -0.39 is 5.91 Å². The van der Waals surface area contributed by atoms with Gasteiger partial charge in [0.05, 0.1) is 29.2 Å². The molecule has 6 rings (SSSR count). The van der Waals surface area contributed by atoms with Crippen molar-refractivity contribution in [2.45, 2.75) is 56.4 Å². The van der Waals surface area contributed by atoms with E-state index in [-0.39, 0.29) is 29.4 Å². The quantitative estimate of drug-likeness (QED) is 0.447. The van der Waals surface area contributed by atoms with Crippen LogP contribution in [0.3, 0.4) is 0 Å². The Hall–Kier alpha value is -2.26. The Morgan fingerprint density at radius 2 is 1.87 bits per heavy atom. The van der Waals surface area contributed by atoms with Crippen LogP contribution in [0.5, 0.6) is 5.88 Å². The van der Waals surface area contributed by atoms with Crippen molar-refractivity contribution < 1.29 is 15.1 Å². The third-order valence-corrected chi connectivity index (χ3v) is 8.28. The lowest BCUT2D eigenvalue weighted by Gasteiger charge is -2.56. The number of rotatable bonds is 7. The lowest BCUT2D eigenvalue weighted by molar-refractivity contribution is -0.126. The Balaban J connectivity index is 1.53. The molecule has 0 aromatic carbocycles. The zero-order valence-corrected chi connectivity index (χ0v) is 18.2. The van der Waals surface area contributed by atoms with E-state index in [1.807, 2.05) is 18.2 Å². The normalized spacial score (nSPS) is 28.7. The molecule has 0 saturated heterocycles. The highest BCUT2D eigenvalue weighted by molar-refractivity contribution is 7.99. The number of hydrogen-bond acceptors (Lipinski definition) is 6. The van der Waals surface area contributed by atoms with Gasteiger partial charge in [-0.05, 0) is 68.4 Å². The highest BCUT2D eigenvalue weighted by Crippen LogP contribution is 2.59. The summed E-state index contributed by atoms with van der Waals surface area (Å²) >= 11 is 1.25. The number of aromatic hydroxyl groups is 1. The molecule has 9 heteroatoms. The van der Waals surface area contributed by atoms with Gasteiger partial charge in [0.15, 0.2) is 0 Å². The van der Waals surface area contributed by atoms with E-state index in [0.29, 0.717) is 29.2 Å². The van der Waals surface area contributed by atoms with Crippen molar-refractivity contribution in [3.8, 4) is 5.88 Å². The van der Waals surface area contributed by atoms with Gasteiger partial charge in [-0.3, -0.25) is 24.1 Å². The van der Waals surface area contributed by atoms with Crippen molar-refractivity contribution in [3.05, 3.63) is 46.3 Å². The second-order valence-corrected chi connectivity index (χ2v) is 10.5. The molecule has 4 aliphatic carbocycles. The van der Waals surface area contributed by atoms with Gasteiger partial charge < -0.3 is 5.11 Å². The second-order valence-electron chi connectivity index (χ2n) is 9.47. The standard InChI is InChI=1S/C22H28N4O4S/c27-19(24-30)13-31-12-18-20(28)26(21(29)25(18)11-17-3-1-2-4-23-17)22-8-14-5-15(9-22)7-16(6-14)10-22/h1-4,14-16,28,30H,5-13H2,(H,24,27). The maximum atomic E-state index is 13.7. The summed E-state index contributed by atoms with van der Waals surface area (Å²) in [5.41, 5.74) is 2.39. The van der Waals surface area contributed by atoms with E-state index in [4.69, 9.17) is 5.21 Å². The van der Waals surface area contributed by atoms with Crippen LogP contribution < -0.4 is 11.2 Å². The average molecular weight is 445 g/mol. The van der Waals surface area contributed by atoms with Crippen molar-refractivity contribution >= 4 is 17.7 Å². The third-order valence-electron chi connectivity index (χ3n) is 7.34. The number of nitrogens with zero attached hydrogens (tertiary/aromatic N) is 3. The molecule has 166 valence electrons. The molecule has 0 spiro atoms. The van der Waals surface area contributed by atoms with E-state index >= 15 is 0 Å². The lowest BCUT2D eigenvalue weighted by atomic mass is 9.53. The molecule has 4 saturated carbocycles. The zero-order valence-electron chi connectivity index (χ0n) is 17.4. The number of carbonyl (C=O) groups is 1. The summed E-state index contributed by atoms with van der Waals surface area (Å²) in [6.45, 7) is 0.273. The maximum absolute atomic E-state index is 13.7. The number of nitrogens with one attached hydrogen (secondary N) is 1. The van der Waals surface area contributed by atoms with Gasteiger partial charge in [0.25, 0.3) is 5.91 Å². The van der Waals surface area contributed by atoms with Gasteiger partial charge in [-0.2, -0.15) is 0 Å². The van der Waals surface area contributed by atoms with E-state index in [9.17, 15) is 14.7 Å². The van der Waals surface area contributed by atoms with Crippen molar-refractivity contribution in [3.63, 3.8) is 0 Å². The number of imidazole rings is 1. The van der Waals surface area contributed by atoms with E-state index in [1.54, 1.807) is 20.8 Å². The van der Waals surface area contributed by atoms with E-state index in [0.717, 1.165) is 25.0 Å². The van der Waals surface area contributed by atoms with Gasteiger partial charge in [-0.1, -0.05) is 6.07 Å². The van der Waals surface area contributed by atoms with Gasteiger partial charge >= 0.3 is 5.69 Å². The molecule has 0 radical (unpaired) electrons. The largest absolute Gasteiger partial charge is 0.493 e. The Morgan fingerprint density at radius 1 is 1.19 bits per heavy atom. The summed E-state index contributed by atoms with van der Waals surface area (Å²) in [5, 5.41) is 20.1. The van der Waals surface area contributed by atoms with Crippen molar-refractivity contribution in [1.82, 2.24) is 19.6 Å². The monoisotopic (exact) mass is 444 g/mol. The molecule has 0 atom stereocenters. The fourth-order valence-electron chi connectivity index (χ4n) is 6.57. The third kappa shape index (κ3) is 3.67. The van der Waals surface area contributed by atoms with Crippen molar-refractivity contribution in [2.24, 2.45) is 17.8 Å². The number of pyridine rings is 1. The zero-order chi connectivity index (χ0) is 21.6. The Labute approximate surface area is 184 Å². The summed E-state index contributed by atoms with van der Waals surface area (Å²) in [6, 6.07) is 5.57.